The van der Waals surface area contributed by atoms with Gasteiger partial charge in [0, 0.05) is 26.2 Å². The van der Waals surface area contributed by atoms with Gasteiger partial charge in [-0.05, 0) is 19.1 Å². The molecule has 7 nitrogen and oxygen atoms in total. The number of nitrogens with one attached hydrogen (secondary N) is 1. The quantitative estimate of drug-likeness (QED) is 0.868. The lowest BCUT2D eigenvalue weighted by Crippen LogP contribution is -2.55. The molecule has 1 saturated heterocycles. The summed E-state index contributed by atoms with van der Waals surface area (Å²) in [6.45, 7) is 1.79. The van der Waals surface area contributed by atoms with Gasteiger partial charge in [-0.25, -0.2) is 0 Å². The summed E-state index contributed by atoms with van der Waals surface area (Å²) in [5.74, 6) is -1.84. The van der Waals surface area contributed by atoms with E-state index in [-0.39, 0.29) is 37.8 Å². The van der Waals surface area contributed by atoms with Gasteiger partial charge in [-0.15, -0.1) is 0 Å². The van der Waals surface area contributed by atoms with E-state index >= 15 is 0 Å². The van der Waals surface area contributed by atoms with Crippen molar-refractivity contribution >= 4 is 17.7 Å². The third-order valence-corrected chi connectivity index (χ3v) is 3.76. The average molecular weight is 361 g/mol. The zero-order valence-corrected chi connectivity index (χ0v) is 13.5. The molecule has 0 aromatic carbocycles. The van der Waals surface area contributed by atoms with Crippen molar-refractivity contribution in [1.29, 1.82) is 0 Å². The van der Waals surface area contributed by atoms with Gasteiger partial charge >= 0.3 is 6.18 Å². The Morgan fingerprint density at radius 2 is 1.80 bits per heavy atom. The second-order valence-corrected chi connectivity index (χ2v) is 5.67. The number of alkyl halides is 3. The zero-order chi connectivity index (χ0) is 18.6. The predicted octanol–water partition coefficient (Wildman–Crippen LogP) is 1.02. The molecular weight excluding hydrogens is 343 g/mol. The van der Waals surface area contributed by atoms with Gasteiger partial charge in [0.25, 0.3) is 5.91 Å². The highest BCUT2D eigenvalue weighted by molar-refractivity contribution is 5.95. The third-order valence-electron chi connectivity index (χ3n) is 3.76. The predicted molar refractivity (Wildman–Crippen MR) is 79.5 cm³/mol. The lowest BCUT2D eigenvalue weighted by molar-refractivity contribution is -0.163. The van der Waals surface area contributed by atoms with E-state index in [4.69, 9.17) is 4.42 Å². The summed E-state index contributed by atoms with van der Waals surface area (Å²) in [5, 5.41) is 2.49. The van der Waals surface area contributed by atoms with Gasteiger partial charge in [-0.2, -0.15) is 13.2 Å². The Morgan fingerprint density at radius 1 is 1.20 bits per heavy atom. The Morgan fingerprint density at radius 3 is 2.32 bits per heavy atom. The summed E-state index contributed by atoms with van der Waals surface area (Å²) in [4.78, 5) is 38.2. The molecule has 1 aromatic rings. The van der Waals surface area contributed by atoms with Crippen LogP contribution in [0.25, 0.3) is 0 Å². The second kappa shape index (κ2) is 7.58. The number of rotatable bonds is 4. The van der Waals surface area contributed by atoms with Crippen molar-refractivity contribution in [3.8, 4) is 0 Å². The summed E-state index contributed by atoms with van der Waals surface area (Å²) < 4.78 is 41.7. The first kappa shape index (κ1) is 18.8. The summed E-state index contributed by atoms with van der Waals surface area (Å²) in [5.41, 5.74) is 0. The third kappa shape index (κ3) is 5.23. The Hall–Kier alpha value is -2.52. The fourth-order valence-electron chi connectivity index (χ4n) is 2.47. The van der Waals surface area contributed by atoms with Gasteiger partial charge in [-0.3, -0.25) is 14.4 Å². The number of halogens is 3. The van der Waals surface area contributed by atoms with Crippen LogP contribution in [0.15, 0.2) is 22.8 Å². The monoisotopic (exact) mass is 361 g/mol. The van der Waals surface area contributed by atoms with Crippen LogP contribution < -0.4 is 5.32 Å². The number of carbonyl (C=O) groups excluding carboxylic acids is 3. The normalized spacial score (nSPS) is 16.5. The highest BCUT2D eigenvalue weighted by Crippen LogP contribution is 2.21. The van der Waals surface area contributed by atoms with Gasteiger partial charge in [0.05, 0.1) is 6.26 Å². The minimum absolute atomic E-state index is 0.0273. The molecule has 2 rings (SSSR count). The summed E-state index contributed by atoms with van der Waals surface area (Å²) >= 11 is 0. The largest absolute Gasteiger partial charge is 0.459 e. The van der Waals surface area contributed by atoms with Crippen LogP contribution in [0.4, 0.5) is 13.2 Å². The molecule has 0 radical (unpaired) electrons. The smallest absolute Gasteiger partial charge is 0.397 e. The number of hydrogen-bond donors (Lipinski definition) is 1. The fourth-order valence-corrected chi connectivity index (χ4v) is 2.47. The van der Waals surface area contributed by atoms with Crippen LogP contribution in [0.5, 0.6) is 0 Å². The standard InChI is InChI=1S/C15H18F3N3O4/c1-10(19-13(23)11-3-2-8-25-11)14(24)21-6-4-20(5-7-21)12(22)9-15(16,17)18/h2-3,8,10H,4-7,9H2,1H3,(H,19,23). The van der Waals surface area contributed by atoms with E-state index in [0.29, 0.717) is 0 Å². The first-order valence-electron chi connectivity index (χ1n) is 7.65. The van der Waals surface area contributed by atoms with Gasteiger partial charge in [-0.1, -0.05) is 0 Å². The number of furan rings is 1. The molecule has 0 bridgehead atoms. The molecule has 1 N–H and O–H groups in total. The molecule has 25 heavy (non-hydrogen) atoms. The molecule has 0 saturated carbocycles. The van der Waals surface area contributed by atoms with Crippen molar-refractivity contribution < 1.29 is 32.0 Å². The van der Waals surface area contributed by atoms with Crippen LogP contribution in [-0.2, 0) is 9.59 Å². The molecule has 1 aliphatic heterocycles. The molecule has 0 aliphatic carbocycles. The molecule has 3 amide bonds. The van der Waals surface area contributed by atoms with E-state index in [1.165, 1.54) is 24.2 Å². The Kier molecular flexibility index (Phi) is 5.70. The van der Waals surface area contributed by atoms with Crippen molar-refractivity contribution in [3.05, 3.63) is 24.2 Å². The molecule has 1 atom stereocenters. The lowest BCUT2D eigenvalue weighted by atomic mass is 10.2. The van der Waals surface area contributed by atoms with Crippen molar-refractivity contribution in [3.63, 3.8) is 0 Å². The van der Waals surface area contributed by atoms with Crippen LogP contribution >= 0.6 is 0 Å². The van der Waals surface area contributed by atoms with Crippen LogP contribution in [0.3, 0.4) is 0 Å². The number of piperazine rings is 1. The summed E-state index contributed by atoms with van der Waals surface area (Å²) in [7, 11) is 0. The Balaban J connectivity index is 1.82. The van der Waals surface area contributed by atoms with Crippen molar-refractivity contribution in [2.45, 2.75) is 25.6 Å². The van der Waals surface area contributed by atoms with Gasteiger partial charge in [0.15, 0.2) is 5.76 Å². The maximum absolute atomic E-state index is 12.3. The van der Waals surface area contributed by atoms with E-state index in [9.17, 15) is 27.6 Å². The molecule has 138 valence electrons. The topological polar surface area (TPSA) is 82.9 Å². The van der Waals surface area contributed by atoms with Crippen molar-refractivity contribution in [2.24, 2.45) is 0 Å². The fraction of sp³-hybridized carbons (Fsp3) is 0.533. The van der Waals surface area contributed by atoms with Crippen LogP contribution in [0.1, 0.15) is 23.9 Å². The van der Waals surface area contributed by atoms with Crippen LogP contribution in [0, 0.1) is 0 Å². The molecule has 1 aliphatic rings. The van der Waals surface area contributed by atoms with E-state index in [2.05, 4.69) is 5.32 Å². The summed E-state index contributed by atoms with van der Waals surface area (Å²) in [6.07, 6.45) is -4.72. The number of hydrogen-bond acceptors (Lipinski definition) is 4. The minimum Gasteiger partial charge on any atom is -0.459 e. The Labute approximate surface area is 141 Å². The maximum atomic E-state index is 12.3. The first-order valence-corrected chi connectivity index (χ1v) is 7.65. The molecule has 0 spiro atoms. The lowest BCUT2D eigenvalue weighted by Gasteiger charge is -2.36. The van der Waals surface area contributed by atoms with E-state index in [1.54, 1.807) is 6.07 Å². The molecule has 10 heteroatoms. The van der Waals surface area contributed by atoms with Crippen molar-refractivity contribution in [1.82, 2.24) is 15.1 Å². The van der Waals surface area contributed by atoms with Gasteiger partial charge < -0.3 is 19.5 Å². The summed E-state index contributed by atoms with van der Waals surface area (Å²) in [6, 6.07) is 2.17. The number of carbonyl (C=O) groups is 3. The van der Waals surface area contributed by atoms with Gasteiger partial charge in [0.2, 0.25) is 11.8 Å². The average Bonchev–Trinajstić information content (AvgIpc) is 3.07. The van der Waals surface area contributed by atoms with Crippen LogP contribution in [-0.4, -0.2) is 65.9 Å². The van der Waals surface area contributed by atoms with E-state index < -0.39 is 30.5 Å². The minimum atomic E-state index is -4.55. The van der Waals surface area contributed by atoms with Crippen LogP contribution in [0.2, 0.25) is 0 Å². The molecule has 1 fully saturated rings. The Bertz CT molecular complexity index is 622. The number of nitrogens with zero attached hydrogens (tertiary/aromatic N) is 2. The van der Waals surface area contributed by atoms with E-state index in [0.717, 1.165) is 4.90 Å². The molecule has 2 heterocycles. The highest BCUT2D eigenvalue weighted by Gasteiger charge is 2.35. The first-order chi connectivity index (χ1) is 11.7. The number of amides is 3. The molecule has 1 aromatic heterocycles. The molecular formula is C15H18F3N3O4. The van der Waals surface area contributed by atoms with E-state index in [1.807, 2.05) is 0 Å². The zero-order valence-electron chi connectivity index (χ0n) is 13.5. The SMILES string of the molecule is CC(NC(=O)c1ccco1)C(=O)N1CCN(C(=O)CC(F)(F)F)CC1. The molecule has 1 unspecified atom stereocenters. The van der Waals surface area contributed by atoms with Gasteiger partial charge in [0.1, 0.15) is 12.5 Å². The maximum Gasteiger partial charge on any atom is 0.397 e. The van der Waals surface area contributed by atoms with Crippen molar-refractivity contribution in [2.75, 3.05) is 26.2 Å². The highest BCUT2D eigenvalue weighted by atomic mass is 19.4. The second-order valence-electron chi connectivity index (χ2n) is 5.67.